The minimum Gasteiger partial charge on any atom is -0.268 e. The van der Waals surface area contributed by atoms with Gasteiger partial charge in [0.05, 0.1) is 15.9 Å². The van der Waals surface area contributed by atoms with Crippen LogP contribution in [0.15, 0.2) is 40.1 Å². The Morgan fingerprint density at radius 3 is 2.65 bits per heavy atom. The number of rotatable bonds is 2. The number of hydrogen-bond donors (Lipinski definition) is 1. The Kier molecular flexibility index (Phi) is 3.30. The van der Waals surface area contributed by atoms with Crippen molar-refractivity contribution in [2.24, 2.45) is 4.99 Å². The largest absolute Gasteiger partial charge is 0.271 e. The third-order valence-corrected chi connectivity index (χ3v) is 4.54. The van der Waals surface area contributed by atoms with E-state index < -0.39 is 0 Å². The van der Waals surface area contributed by atoms with E-state index in [0.29, 0.717) is 0 Å². The van der Waals surface area contributed by atoms with Crippen LogP contribution in [0.1, 0.15) is 43.2 Å². The van der Waals surface area contributed by atoms with E-state index in [2.05, 4.69) is 22.2 Å². The molecule has 5 heteroatoms. The number of aromatic nitrogens is 2. The standard InChI is InChI=1S/C15H17N3OS/c1-9(2)18-14-12(15(19)17-18)13(20-10(3)16-14)11-7-5-4-6-8-11/h4-9,13H,1-3H3,(H,17,19). The maximum atomic E-state index is 12.3. The summed E-state index contributed by atoms with van der Waals surface area (Å²) in [6, 6.07) is 10.3. The number of fused-ring (bicyclic) bond motifs is 1. The fourth-order valence-corrected chi connectivity index (χ4v) is 3.55. The molecule has 1 atom stereocenters. The zero-order valence-corrected chi connectivity index (χ0v) is 12.6. The minimum absolute atomic E-state index is 0.0208. The van der Waals surface area contributed by atoms with Gasteiger partial charge in [-0.1, -0.05) is 42.1 Å². The van der Waals surface area contributed by atoms with Crippen LogP contribution >= 0.6 is 11.8 Å². The summed E-state index contributed by atoms with van der Waals surface area (Å²) in [5.74, 6) is 0.773. The highest BCUT2D eigenvalue weighted by atomic mass is 32.2. The van der Waals surface area contributed by atoms with E-state index in [1.165, 1.54) is 0 Å². The Balaban J connectivity index is 2.20. The molecule has 0 fully saturated rings. The first-order chi connectivity index (χ1) is 9.58. The molecule has 0 saturated carbocycles. The molecule has 1 unspecified atom stereocenters. The molecular formula is C15H17N3OS. The van der Waals surface area contributed by atoms with E-state index in [9.17, 15) is 4.79 Å². The number of thioether (sulfide) groups is 1. The molecule has 4 nitrogen and oxygen atoms in total. The SMILES string of the molecule is CC1=Nc2c(c(=O)[nH]n2C(C)C)C(c2ccccc2)S1. The molecule has 0 amide bonds. The first-order valence-corrected chi connectivity index (χ1v) is 7.57. The van der Waals surface area contributed by atoms with Crippen LogP contribution in [0, 0.1) is 0 Å². The smallest absolute Gasteiger partial charge is 0.268 e. The summed E-state index contributed by atoms with van der Waals surface area (Å²) in [5.41, 5.74) is 1.87. The van der Waals surface area contributed by atoms with Gasteiger partial charge in [0.1, 0.15) is 0 Å². The number of nitrogens with one attached hydrogen (secondary N) is 1. The van der Waals surface area contributed by atoms with Gasteiger partial charge in [0.2, 0.25) is 0 Å². The van der Waals surface area contributed by atoms with Crippen molar-refractivity contribution in [3.05, 3.63) is 51.8 Å². The van der Waals surface area contributed by atoms with Crippen molar-refractivity contribution in [3.63, 3.8) is 0 Å². The van der Waals surface area contributed by atoms with Crippen molar-refractivity contribution in [1.82, 2.24) is 9.78 Å². The lowest BCUT2D eigenvalue weighted by atomic mass is 10.1. The zero-order chi connectivity index (χ0) is 14.3. The molecule has 1 aliphatic rings. The lowest BCUT2D eigenvalue weighted by molar-refractivity contribution is 0.533. The predicted octanol–water partition coefficient (Wildman–Crippen LogP) is 3.64. The third kappa shape index (κ3) is 2.12. The summed E-state index contributed by atoms with van der Waals surface area (Å²) in [4.78, 5) is 16.9. The topological polar surface area (TPSA) is 50.1 Å². The number of aliphatic imine (C=N–C) groups is 1. The second-order valence-electron chi connectivity index (χ2n) is 5.18. The second-order valence-corrected chi connectivity index (χ2v) is 6.48. The Hall–Kier alpha value is -1.75. The molecular weight excluding hydrogens is 270 g/mol. The first kappa shape index (κ1) is 13.2. The van der Waals surface area contributed by atoms with E-state index >= 15 is 0 Å². The van der Waals surface area contributed by atoms with Crippen LogP contribution in [0.25, 0.3) is 0 Å². The van der Waals surface area contributed by atoms with E-state index in [-0.39, 0.29) is 16.9 Å². The summed E-state index contributed by atoms with van der Waals surface area (Å²) < 4.78 is 1.86. The fourth-order valence-electron chi connectivity index (χ4n) is 2.45. The van der Waals surface area contributed by atoms with Crippen molar-refractivity contribution in [2.75, 3.05) is 0 Å². The summed E-state index contributed by atoms with van der Waals surface area (Å²) in [7, 11) is 0. The van der Waals surface area contributed by atoms with Gasteiger partial charge in [0, 0.05) is 6.04 Å². The van der Waals surface area contributed by atoms with E-state index in [1.807, 2.05) is 43.7 Å². The van der Waals surface area contributed by atoms with Gasteiger partial charge in [-0.25, -0.2) is 4.99 Å². The highest BCUT2D eigenvalue weighted by Gasteiger charge is 2.30. The predicted molar refractivity (Wildman–Crippen MR) is 84.1 cm³/mol. The summed E-state index contributed by atoms with van der Waals surface area (Å²) in [6.07, 6.45) is 0. The molecule has 1 aliphatic heterocycles. The van der Waals surface area contributed by atoms with Crippen LogP contribution in [0.3, 0.4) is 0 Å². The molecule has 0 spiro atoms. The molecule has 0 bridgehead atoms. The molecule has 3 rings (SSSR count). The molecule has 1 aromatic carbocycles. The average Bonchev–Trinajstić information content (AvgIpc) is 2.76. The maximum Gasteiger partial charge on any atom is 0.271 e. The number of hydrogen-bond acceptors (Lipinski definition) is 3. The molecule has 0 aliphatic carbocycles. The molecule has 1 aromatic heterocycles. The summed E-state index contributed by atoms with van der Waals surface area (Å²) in [6.45, 7) is 6.08. The first-order valence-electron chi connectivity index (χ1n) is 6.69. The molecule has 1 N–H and O–H groups in total. The number of nitrogens with zero attached hydrogens (tertiary/aromatic N) is 2. The molecule has 104 valence electrons. The van der Waals surface area contributed by atoms with Gasteiger partial charge >= 0.3 is 0 Å². The fraction of sp³-hybridized carbons (Fsp3) is 0.333. The van der Waals surface area contributed by atoms with Crippen LogP contribution < -0.4 is 5.56 Å². The second kappa shape index (κ2) is 4.98. The Morgan fingerprint density at radius 2 is 2.00 bits per heavy atom. The van der Waals surface area contributed by atoms with Gasteiger partial charge in [-0.15, -0.1) is 0 Å². The van der Waals surface area contributed by atoms with Crippen molar-refractivity contribution in [3.8, 4) is 0 Å². The Labute approximate surface area is 121 Å². The van der Waals surface area contributed by atoms with Gasteiger partial charge < -0.3 is 0 Å². The van der Waals surface area contributed by atoms with Gasteiger partial charge in [-0.05, 0) is 26.3 Å². The molecule has 2 aromatic rings. The van der Waals surface area contributed by atoms with Crippen molar-refractivity contribution < 1.29 is 0 Å². The monoisotopic (exact) mass is 287 g/mol. The zero-order valence-electron chi connectivity index (χ0n) is 11.8. The molecule has 0 radical (unpaired) electrons. The number of H-pyrrole nitrogens is 1. The summed E-state index contributed by atoms with van der Waals surface area (Å²) in [5, 5.41) is 3.92. The van der Waals surface area contributed by atoms with E-state index in [0.717, 1.165) is 22.0 Å². The number of aromatic amines is 1. The van der Waals surface area contributed by atoms with Gasteiger partial charge in [-0.2, -0.15) is 0 Å². The normalized spacial score (nSPS) is 18.0. The number of benzene rings is 1. The molecule has 0 saturated heterocycles. The van der Waals surface area contributed by atoms with Crippen molar-refractivity contribution in [2.45, 2.75) is 32.1 Å². The maximum absolute atomic E-state index is 12.3. The lowest BCUT2D eigenvalue weighted by Gasteiger charge is -2.21. The van der Waals surface area contributed by atoms with Crippen LogP contribution in [0.2, 0.25) is 0 Å². The van der Waals surface area contributed by atoms with Crippen LogP contribution in [-0.4, -0.2) is 14.8 Å². The average molecular weight is 287 g/mol. The van der Waals surface area contributed by atoms with Crippen LogP contribution in [0.5, 0.6) is 0 Å². The van der Waals surface area contributed by atoms with Crippen molar-refractivity contribution >= 4 is 22.6 Å². The Bertz CT molecular complexity index is 712. The lowest BCUT2D eigenvalue weighted by Crippen LogP contribution is -2.13. The van der Waals surface area contributed by atoms with E-state index in [4.69, 9.17) is 0 Å². The minimum atomic E-state index is -0.0358. The summed E-state index contributed by atoms with van der Waals surface area (Å²) >= 11 is 1.64. The van der Waals surface area contributed by atoms with Gasteiger partial charge in [-0.3, -0.25) is 14.6 Å². The van der Waals surface area contributed by atoms with Gasteiger partial charge in [0.15, 0.2) is 5.82 Å². The molecule has 20 heavy (non-hydrogen) atoms. The molecule has 2 heterocycles. The van der Waals surface area contributed by atoms with Gasteiger partial charge in [0.25, 0.3) is 5.56 Å². The highest BCUT2D eigenvalue weighted by Crippen LogP contribution is 2.43. The van der Waals surface area contributed by atoms with Crippen LogP contribution in [-0.2, 0) is 0 Å². The highest BCUT2D eigenvalue weighted by molar-refractivity contribution is 8.14. The third-order valence-electron chi connectivity index (χ3n) is 3.37. The van der Waals surface area contributed by atoms with Crippen molar-refractivity contribution in [1.29, 1.82) is 0 Å². The quantitative estimate of drug-likeness (QED) is 0.916. The Morgan fingerprint density at radius 1 is 1.30 bits per heavy atom. The van der Waals surface area contributed by atoms with E-state index in [1.54, 1.807) is 11.8 Å². The van der Waals surface area contributed by atoms with Crippen LogP contribution in [0.4, 0.5) is 5.82 Å².